The maximum absolute atomic E-state index is 12.2. The number of ether oxygens (including phenoxy) is 1. The first-order chi connectivity index (χ1) is 13.7. The number of hydrogen-bond acceptors (Lipinski definition) is 4. The predicted octanol–water partition coefficient (Wildman–Crippen LogP) is 3.42. The Hall–Kier alpha value is -2.38. The molecule has 1 fully saturated rings. The van der Waals surface area contributed by atoms with Gasteiger partial charge in [-0.2, -0.15) is 0 Å². The summed E-state index contributed by atoms with van der Waals surface area (Å²) in [6, 6.07) is 9.69. The lowest BCUT2D eigenvalue weighted by Gasteiger charge is -2.22. The first-order valence-electron chi connectivity index (χ1n) is 10.1. The van der Waals surface area contributed by atoms with Crippen LogP contribution in [0.15, 0.2) is 30.3 Å². The van der Waals surface area contributed by atoms with Crippen molar-refractivity contribution in [2.45, 2.75) is 57.7 Å². The summed E-state index contributed by atoms with van der Waals surface area (Å²) in [6.07, 6.45) is 6.67. The molecule has 2 aromatic rings. The van der Waals surface area contributed by atoms with Gasteiger partial charge in [-0.1, -0.05) is 31.0 Å². The normalized spacial score (nSPS) is 16.8. The molecule has 7 heteroatoms. The van der Waals surface area contributed by atoms with Crippen LogP contribution in [0.5, 0.6) is 0 Å². The van der Waals surface area contributed by atoms with Crippen LogP contribution < -0.4 is 10.8 Å². The van der Waals surface area contributed by atoms with Crippen molar-refractivity contribution in [1.29, 1.82) is 0 Å². The van der Waals surface area contributed by atoms with E-state index in [-0.39, 0.29) is 18.1 Å². The van der Waals surface area contributed by atoms with Crippen LogP contribution in [0.3, 0.4) is 0 Å². The highest BCUT2D eigenvalue weighted by Gasteiger charge is 2.15. The number of para-hydroxylation sites is 1. The smallest absolute Gasteiger partial charge is 0.267 e. The summed E-state index contributed by atoms with van der Waals surface area (Å²) in [7, 11) is 0. The molecular weight excluding hydrogens is 358 g/mol. The number of benzene rings is 1. The predicted molar refractivity (Wildman–Crippen MR) is 107 cm³/mol. The Labute approximate surface area is 165 Å². The minimum absolute atomic E-state index is 0.0855. The molecule has 1 unspecified atom stereocenters. The van der Waals surface area contributed by atoms with Gasteiger partial charge in [-0.3, -0.25) is 9.59 Å². The molecule has 1 aromatic heterocycles. The summed E-state index contributed by atoms with van der Waals surface area (Å²) in [4.78, 5) is 32.3. The summed E-state index contributed by atoms with van der Waals surface area (Å²) < 4.78 is 5.39. The fourth-order valence-electron chi connectivity index (χ4n) is 3.24. The number of hydroxylamine groups is 1. The molecule has 1 aliphatic heterocycles. The monoisotopic (exact) mass is 387 g/mol. The van der Waals surface area contributed by atoms with E-state index in [9.17, 15) is 9.59 Å². The minimum atomic E-state index is -0.307. The first-order valence-corrected chi connectivity index (χ1v) is 10.1. The molecule has 0 saturated carbocycles. The fourth-order valence-corrected chi connectivity index (χ4v) is 3.24. The third-order valence-electron chi connectivity index (χ3n) is 4.83. The Morgan fingerprint density at radius 1 is 1.14 bits per heavy atom. The summed E-state index contributed by atoms with van der Waals surface area (Å²) in [5.41, 5.74) is 4.02. The second-order valence-corrected chi connectivity index (χ2v) is 7.13. The number of unbranched alkanes of at least 4 members (excludes halogenated alkanes) is 3. The van der Waals surface area contributed by atoms with Crippen LogP contribution in [-0.4, -0.2) is 36.2 Å². The number of rotatable bonds is 10. The quantitative estimate of drug-likeness (QED) is 0.430. The van der Waals surface area contributed by atoms with Crippen LogP contribution in [0.1, 0.15) is 61.9 Å². The molecule has 2 amide bonds. The standard InChI is InChI=1S/C21H29N3O4/c25-19(24-28-20-12-6-8-14-27-20)11-3-1-2-7-13-22-21(26)18-15-16-9-4-5-10-17(16)23-18/h4-5,9-10,15,20,23H,1-3,6-8,11-14H2,(H,22,26)(H,24,25). The molecule has 0 spiro atoms. The van der Waals surface area contributed by atoms with Gasteiger partial charge in [0.05, 0.1) is 0 Å². The largest absolute Gasteiger partial charge is 0.351 e. The van der Waals surface area contributed by atoms with E-state index in [1.807, 2.05) is 30.3 Å². The van der Waals surface area contributed by atoms with Crippen molar-refractivity contribution >= 4 is 22.7 Å². The average Bonchev–Trinajstić information content (AvgIpc) is 3.16. The molecule has 3 N–H and O–H groups in total. The van der Waals surface area contributed by atoms with Gasteiger partial charge in [0.1, 0.15) is 5.69 Å². The molecule has 152 valence electrons. The molecule has 1 aromatic carbocycles. The first kappa shape index (κ1) is 20.4. The third kappa shape index (κ3) is 6.35. The molecule has 1 aliphatic rings. The Morgan fingerprint density at radius 2 is 2.00 bits per heavy atom. The zero-order chi connectivity index (χ0) is 19.6. The molecule has 0 radical (unpaired) electrons. The van der Waals surface area contributed by atoms with Gasteiger partial charge in [0.2, 0.25) is 5.91 Å². The average molecular weight is 387 g/mol. The summed E-state index contributed by atoms with van der Waals surface area (Å²) in [5, 5.41) is 3.97. The lowest BCUT2D eigenvalue weighted by atomic mass is 10.1. The number of amides is 2. The Kier molecular flexibility index (Phi) is 7.87. The fraction of sp³-hybridized carbons (Fsp3) is 0.524. The second kappa shape index (κ2) is 10.8. The van der Waals surface area contributed by atoms with Crippen LogP contribution in [0, 0.1) is 0 Å². The Bertz CT molecular complexity index is 735. The molecule has 3 rings (SSSR count). The molecule has 7 nitrogen and oxygen atoms in total. The number of carbonyl (C=O) groups is 2. The van der Waals surface area contributed by atoms with E-state index in [1.165, 1.54) is 0 Å². The van der Waals surface area contributed by atoms with Gasteiger partial charge in [-0.25, -0.2) is 10.3 Å². The van der Waals surface area contributed by atoms with Crippen molar-refractivity contribution < 1.29 is 19.2 Å². The SMILES string of the molecule is O=C(CCCCCCNC(=O)c1cc2ccccc2[nH]1)NOC1CCCCO1. The van der Waals surface area contributed by atoms with Crippen LogP contribution in [0.25, 0.3) is 10.9 Å². The minimum Gasteiger partial charge on any atom is -0.351 e. The van der Waals surface area contributed by atoms with Crippen molar-refractivity contribution in [2.75, 3.05) is 13.2 Å². The number of nitrogens with one attached hydrogen (secondary N) is 3. The van der Waals surface area contributed by atoms with Crippen LogP contribution in [-0.2, 0) is 14.4 Å². The lowest BCUT2D eigenvalue weighted by molar-refractivity contribution is -0.200. The summed E-state index contributed by atoms with van der Waals surface area (Å²) >= 11 is 0. The van der Waals surface area contributed by atoms with E-state index in [0.717, 1.165) is 55.8 Å². The molecule has 1 saturated heterocycles. The lowest BCUT2D eigenvalue weighted by Crippen LogP contribution is -2.32. The van der Waals surface area contributed by atoms with Gasteiger partial charge in [-0.05, 0) is 37.8 Å². The van der Waals surface area contributed by atoms with Gasteiger partial charge in [0.15, 0.2) is 6.29 Å². The number of carbonyl (C=O) groups excluding carboxylic acids is 2. The zero-order valence-corrected chi connectivity index (χ0v) is 16.2. The van der Waals surface area contributed by atoms with E-state index in [2.05, 4.69) is 15.8 Å². The maximum Gasteiger partial charge on any atom is 0.267 e. The van der Waals surface area contributed by atoms with E-state index < -0.39 is 0 Å². The Morgan fingerprint density at radius 3 is 2.82 bits per heavy atom. The molecule has 28 heavy (non-hydrogen) atoms. The van der Waals surface area contributed by atoms with E-state index in [1.54, 1.807) is 0 Å². The number of fused-ring (bicyclic) bond motifs is 1. The van der Waals surface area contributed by atoms with Crippen molar-refractivity contribution in [3.63, 3.8) is 0 Å². The van der Waals surface area contributed by atoms with Gasteiger partial charge in [0.25, 0.3) is 5.91 Å². The van der Waals surface area contributed by atoms with Crippen LogP contribution in [0.2, 0.25) is 0 Å². The summed E-state index contributed by atoms with van der Waals surface area (Å²) in [5.74, 6) is -0.195. The van der Waals surface area contributed by atoms with Crippen LogP contribution in [0.4, 0.5) is 0 Å². The van der Waals surface area contributed by atoms with Gasteiger partial charge in [0, 0.05) is 36.9 Å². The number of H-pyrrole nitrogens is 1. The maximum atomic E-state index is 12.2. The topological polar surface area (TPSA) is 92.5 Å². The zero-order valence-electron chi connectivity index (χ0n) is 16.2. The Balaban J connectivity index is 1.21. The molecule has 2 heterocycles. The van der Waals surface area contributed by atoms with Gasteiger partial charge < -0.3 is 15.0 Å². The molecule has 0 bridgehead atoms. The van der Waals surface area contributed by atoms with E-state index in [4.69, 9.17) is 9.57 Å². The highest BCUT2D eigenvalue weighted by molar-refractivity contribution is 5.97. The third-order valence-corrected chi connectivity index (χ3v) is 4.83. The number of aromatic amines is 1. The highest BCUT2D eigenvalue weighted by Crippen LogP contribution is 2.15. The highest BCUT2D eigenvalue weighted by atomic mass is 16.8. The summed E-state index contributed by atoms with van der Waals surface area (Å²) in [6.45, 7) is 1.32. The molecule has 0 aliphatic carbocycles. The molecular formula is C21H29N3O4. The number of hydrogen-bond donors (Lipinski definition) is 3. The van der Waals surface area contributed by atoms with Crippen molar-refractivity contribution in [2.24, 2.45) is 0 Å². The van der Waals surface area contributed by atoms with Gasteiger partial charge in [-0.15, -0.1) is 0 Å². The van der Waals surface area contributed by atoms with E-state index >= 15 is 0 Å². The van der Waals surface area contributed by atoms with Crippen LogP contribution >= 0.6 is 0 Å². The van der Waals surface area contributed by atoms with Crippen molar-refractivity contribution in [3.05, 3.63) is 36.0 Å². The number of aromatic nitrogens is 1. The van der Waals surface area contributed by atoms with E-state index in [0.29, 0.717) is 25.3 Å². The van der Waals surface area contributed by atoms with Crippen molar-refractivity contribution in [1.82, 2.24) is 15.8 Å². The van der Waals surface area contributed by atoms with Crippen molar-refractivity contribution in [3.8, 4) is 0 Å². The molecule has 1 atom stereocenters. The van der Waals surface area contributed by atoms with Gasteiger partial charge >= 0.3 is 0 Å². The second-order valence-electron chi connectivity index (χ2n) is 7.13.